The van der Waals surface area contributed by atoms with Gasteiger partial charge in [-0.05, 0) is 30.2 Å². The molecule has 1 aliphatic heterocycles. The molecule has 0 fully saturated rings. The largest absolute Gasteiger partial charge is 0.496 e. The van der Waals surface area contributed by atoms with Crippen LogP contribution in [0.4, 0.5) is 5.69 Å². The number of carbonyl (C=O) groups excluding carboxylic acids is 1. The number of anilines is 1. The van der Waals surface area contributed by atoms with Gasteiger partial charge in [0.2, 0.25) is 0 Å². The van der Waals surface area contributed by atoms with Crippen molar-refractivity contribution in [2.75, 3.05) is 12.0 Å². The van der Waals surface area contributed by atoms with Gasteiger partial charge in [0, 0.05) is 24.8 Å². The van der Waals surface area contributed by atoms with E-state index < -0.39 is 0 Å². The molecule has 102 valence electrons. The van der Waals surface area contributed by atoms with Gasteiger partial charge >= 0.3 is 0 Å². The van der Waals surface area contributed by atoms with Crippen LogP contribution >= 0.6 is 0 Å². The Morgan fingerprint density at radius 1 is 1.10 bits per heavy atom. The minimum atomic E-state index is 0.0260. The second kappa shape index (κ2) is 5.00. The van der Waals surface area contributed by atoms with Crippen LogP contribution in [0.2, 0.25) is 0 Å². The summed E-state index contributed by atoms with van der Waals surface area (Å²) in [5, 5.41) is 0. The first-order valence-corrected chi connectivity index (χ1v) is 6.70. The van der Waals surface area contributed by atoms with E-state index in [0.717, 1.165) is 18.8 Å². The van der Waals surface area contributed by atoms with E-state index in [0.29, 0.717) is 11.3 Å². The Hall–Kier alpha value is -2.29. The Morgan fingerprint density at radius 3 is 2.30 bits per heavy atom. The van der Waals surface area contributed by atoms with Crippen molar-refractivity contribution in [3.8, 4) is 5.75 Å². The molecule has 3 nitrogen and oxygen atoms in total. The molecule has 0 N–H and O–H groups in total. The highest BCUT2D eigenvalue weighted by Crippen LogP contribution is 2.32. The first-order chi connectivity index (χ1) is 9.69. The molecule has 0 aromatic heterocycles. The molecule has 0 saturated heterocycles. The van der Waals surface area contributed by atoms with Gasteiger partial charge in [-0.25, -0.2) is 0 Å². The number of carbonyl (C=O) groups is 1. The van der Waals surface area contributed by atoms with Crippen LogP contribution in [0.25, 0.3) is 0 Å². The summed E-state index contributed by atoms with van der Waals surface area (Å²) in [7, 11) is 1.60. The summed E-state index contributed by atoms with van der Waals surface area (Å²) in [5.74, 6) is 0.670. The van der Waals surface area contributed by atoms with Crippen molar-refractivity contribution in [3.05, 3.63) is 59.2 Å². The second-order valence-electron chi connectivity index (χ2n) is 5.07. The maximum atomic E-state index is 11.5. The average molecular weight is 267 g/mol. The molecule has 0 saturated carbocycles. The Kier molecular flexibility index (Phi) is 3.18. The van der Waals surface area contributed by atoms with Gasteiger partial charge in [-0.1, -0.05) is 24.3 Å². The Labute approximate surface area is 118 Å². The minimum absolute atomic E-state index is 0.0260. The maximum Gasteiger partial charge on any atom is 0.163 e. The summed E-state index contributed by atoms with van der Waals surface area (Å²) < 4.78 is 5.34. The van der Waals surface area contributed by atoms with Crippen LogP contribution < -0.4 is 9.64 Å². The van der Waals surface area contributed by atoms with E-state index in [1.165, 1.54) is 11.1 Å². The lowest BCUT2D eigenvalue weighted by Gasteiger charge is -2.19. The van der Waals surface area contributed by atoms with Crippen LogP contribution in [0.5, 0.6) is 5.75 Å². The fourth-order valence-corrected chi connectivity index (χ4v) is 2.68. The molecule has 3 rings (SSSR count). The van der Waals surface area contributed by atoms with Gasteiger partial charge in [0.1, 0.15) is 5.75 Å². The fraction of sp³-hybridized carbons (Fsp3) is 0.235. The number of hydrogen-bond donors (Lipinski definition) is 0. The van der Waals surface area contributed by atoms with Crippen molar-refractivity contribution in [2.45, 2.75) is 20.0 Å². The SMILES string of the molecule is COc1cc(N2Cc3ccccc3C2)ccc1C(C)=O. The molecule has 0 spiro atoms. The molecule has 1 aliphatic rings. The van der Waals surface area contributed by atoms with E-state index in [2.05, 4.69) is 29.2 Å². The van der Waals surface area contributed by atoms with Crippen molar-refractivity contribution in [1.82, 2.24) is 0 Å². The highest BCUT2D eigenvalue weighted by atomic mass is 16.5. The number of methoxy groups -OCH3 is 1. The Morgan fingerprint density at radius 2 is 1.75 bits per heavy atom. The van der Waals surface area contributed by atoms with Crippen molar-refractivity contribution in [3.63, 3.8) is 0 Å². The smallest absolute Gasteiger partial charge is 0.163 e. The lowest BCUT2D eigenvalue weighted by Crippen LogP contribution is -2.14. The Bertz CT molecular complexity index is 639. The molecule has 20 heavy (non-hydrogen) atoms. The molecule has 0 unspecified atom stereocenters. The monoisotopic (exact) mass is 267 g/mol. The predicted octanol–water partition coefficient (Wildman–Crippen LogP) is 3.42. The number of Topliss-reactive ketones (excluding diaryl/α,β-unsaturated/α-hetero) is 1. The van der Waals surface area contributed by atoms with E-state index >= 15 is 0 Å². The number of ketones is 1. The highest BCUT2D eigenvalue weighted by Gasteiger charge is 2.20. The van der Waals surface area contributed by atoms with Crippen molar-refractivity contribution < 1.29 is 9.53 Å². The Balaban J connectivity index is 1.91. The van der Waals surface area contributed by atoms with Crippen LogP contribution in [0.1, 0.15) is 28.4 Å². The summed E-state index contributed by atoms with van der Waals surface area (Å²) in [6, 6.07) is 14.3. The van der Waals surface area contributed by atoms with Gasteiger partial charge < -0.3 is 9.64 Å². The number of fused-ring (bicyclic) bond motifs is 1. The molecular formula is C17H17NO2. The summed E-state index contributed by atoms with van der Waals surface area (Å²) in [5.41, 5.74) is 4.44. The summed E-state index contributed by atoms with van der Waals surface area (Å²) >= 11 is 0. The lowest BCUT2D eigenvalue weighted by molar-refractivity contribution is 0.101. The summed E-state index contributed by atoms with van der Waals surface area (Å²) in [4.78, 5) is 13.8. The molecular weight excluding hydrogens is 250 g/mol. The van der Waals surface area contributed by atoms with E-state index in [1.807, 2.05) is 18.2 Å². The van der Waals surface area contributed by atoms with Gasteiger partial charge in [-0.3, -0.25) is 4.79 Å². The van der Waals surface area contributed by atoms with Crippen LogP contribution in [-0.4, -0.2) is 12.9 Å². The summed E-state index contributed by atoms with van der Waals surface area (Å²) in [6.07, 6.45) is 0. The average Bonchev–Trinajstić information content (AvgIpc) is 2.90. The topological polar surface area (TPSA) is 29.5 Å². The third-order valence-corrected chi connectivity index (χ3v) is 3.77. The third kappa shape index (κ3) is 2.16. The highest BCUT2D eigenvalue weighted by molar-refractivity contribution is 5.97. The molecule has 0 aliphatic carbocycles. The zero-order valence-electron chi connectivity index (χ0n) is 11.7. The number of rotatable bonds is 3. The molecule has 1 heterocycles. The van der Waals surface area contributed by atoms with Crippen LogP contribution in [0.3, 0.4) is 0 Å². The second-order valence-corrected chi connectivity index (χ2v) is 5.07. The lowest BCUT2D eigenvalue weighted by atomic mass is 10.1. The first kappa shape index (κ1) is 12.7. The predicted molar refractivity (Wildman–Crippen MR) is 79.3 cm³/mol. The molecule has 0 amide bonds. The van der Waals surface area contributed by atoms with E-state index in [9.17, 15) is 4.79 Å². The van der Waals surface area contributed by atoms with Crippen LogP contribution in [0, 0.1) is 0 Å². The van der Waals surface area contributed by atoms with Crippen molar-refractivity contribution >= 4 is 11.5 Å². The number of nitrogens with zero attached hydrogens (tertiary/aromatic N) is 1. The normalized spacial score (nSPS) is 13.2. The molecule has 2 aromatic rings. The zero-order chi connectivity index (χ0) is 14.1. The van der Waals surface area contributed by atoms with E-state index in [-0.39, 0.29) is 5.78 Å². The van der Waals surface area contributed by atoms with E-state index in [4.69, 9.17) is 4.74 Å². The molecule has 0 radical (unpaired) electrons. The van der Waals surface area contributed by atoms with Crippen molar-refractivity contribution in [1.29, 1.82) is 0 Å². The van der Waals surface area contributed by atoms with Gasteiger partial charge in [0.25, 0.3) is 0 Å². The fourth-order valence-electron chi connectivity index (χ4n) is 2.68. The standard InChI is InChI=1S/C17H17NO2/c1-12(19)16-8-7-15(9-17(16)20-2)18-10-13-5-3-4-6-14(13)11-18/h3-9H,10-11H2,1-2H3. The van der Waals surface area contributed by atoms with Crippen molar-refractivity contribution in [2.24, 2.45) is 0 Å². The quantitative estimate of drug-likeness (QED) is 0.798. The van der Waals surface area contributed by atoms with Gasteiger partial charge in [-0.15, -0.1) is 0 Å². The number of hydrogen-bond acceptors (Lipinski definition) is 3. The molecule has 3 heteroatoms. The van der Waals surface area contributed by atoms with E-state index in [1.54, 1.807) is 14.0 Å². The molecule has 0 bridgehead atoms. The number of benzene rings is 2. The maximum absolute atomic E-state index is 11.5. The summed E-state index contributed by atoms with van der Waals surface area (Å²) in [6.45, 7) is 3.36. The minimum Gasteiger partial charge on any atom is -0.496 e. The number of ether oxygens (including phenoxy) is 1. The third-order valence-electron chi connectivity index (χ3n) is 3.77. The first-order valence-electron chi connectivity index (χ1n) is 6.70. The zero-order valence-corrected chi connectivity index (χ0v) is 11.7. The van der Waals surface area contributed by atoms with Crippen LogP contribution in [0.15, 0.2) is 42.5 Å². The van der Waals surface area contributed by atoms with Gasteiger partial charge in [-0.2, -0.15) is 0 Å². The van der Waals surface area contributed by atoms with Gasteiger partial charge in [0.15, 0.2) is 5.78 Å². The molecule has 0 atom stereocenters. The van der Waals surface area contributed by atoms with Gasteiger partial charge in [0.05, 0.1) is 12.7 Å². The molecule has 2 aromatic carbocycles. The van der Waals surface area contributed by atoms with Crippen LogP contribution in [-0.2, 0) is 13.1 Å².